The molecule has 0 aliphatic heterocycles. The van der Waals surface area contributed by atoms with Gasteiger partial charge in [-0.3, -0.25) is 4.18 Å². The maximum atomic E-state index is 11.7. The molecule has 14 heavy (non-hydrogen) atoms. The first-order chi connectivity index (χ1) is 6.38. The van der Waals surface area contributed by atoms with E-state index in [0.717, 1.165) is 10.5 Å². The third-order valence-corrected chi connectivity index (χ3v) is 2.80. The second-order valence-corrected chi connectivity index (χ2v) is 5.35. The molecule has 1 unspecified atom stereocenters. The van der Waals surface area contributed by atoms with E-state index in [2.05, 4.69) is 0 Å². The third kappa shape index (κ3) is 3.60. The lowest BCUT2D eigenvalue weighted by atomic mass is 10.2. The summed E-state index contributed by atoms with van der Waals surface area (Å²) in [7, 11) is 0. The van der Waals surface area contributed by atoms with Crippen molar-refractivity contribution >= 4 is 11.1 Å². The van der Waals surface area contributed by atoms with Crippen molar-refractivity contribution in [2.45, 2.75) is 38.2 Å². The molecule has 1 aromatic carbocycles. The maximum absolute atomic E-state index is 11.7. The Morgan fingerprint density at radius 2 is 1.93 bits per heavy atom. The van der Waals surface area contributed by atoms with Gasteiger partial charge in [0.2, 0.25) is 0 Å². The first kappa shape index (κ1) is 11.4. The molecule has 1 rings (SSSR count). The van der Waals surface area contributed by atoms with Crippen molar-refractivity contribution in [3.8, 4) is 0 Å². The van der Waals surface area contributed by atoms with Gasteiger partial charge in [-0.05, 0) is 45.4 Å². The van der Waals surface area contributed by atoms with Crippen LogP contribution in [0, 0.1) is 6.92 Å². The Balaban J connectivity index is 2.80. The zero-order valence-electron chi connectivity index (χ0n) is 9.03. The summed E-state index contributed by atoms with van der Waals surface area (Å²) >= 11 is -1.36. The van der Waals surface area contributed by atoms with Crippen molar-refractivity contribution < 1.29 is 8.39 Å². The highest BCUT2D eigenvalue weighted by atomic mass is 32.2. The Morgan fingerprint density at radius 3 is 2.43 bits per heavy atom. The van der Waals surface area contributed by atoms with Gasteiger partial charge in [-0.2, -0.15) is 0 Å². The number of hydrogen-bond acceptors (Lipinski definition) is 2. The van der Waals surface area contributed by atoms with Gasteiger partial charge in [0, 0.05) is 0 Å². The first-order valence-corrected chi connectivity index (χ1v) is 5.64. The summed E-state index contributed by atoms with van der Waals surface area (Å²) in [6.07, 6.45) is 0. The molecular formula is C11H16O2S. The summed E-state index contributed by atoms with van der Waals surface area (Å²) in [4.78, 5) is 0.722. The average Bonchev–Trinajstić information content (AvgIpc) is 2.01. The van der Waals surface area contributed by atoms with Gasteiger partial charge in [0.25, 0.3) is 0 Å². The molecule has 0 saturated heterocycles. The van der Waals surface area contributed by atoms with Crippen LogP contribution in [-0.2, 0) is 15.3 Å². The Bertz CT molecular complexity index is 339. The number of aryl methyl sites for hydroxylation is 1. The van der Waals surface area contributed by atoms with E-state index < -0.39 is 11.1 Å². The van der Waals surface area contributed by atoms with Crippen molar-refractivity contribution in [1.29, 1.82) is 0 Å². The molecule has 78 valence electrons. The van der Waals surface area contributed by atoms with E-state index >= 15 is 0 Å². The van der Waals surface area contributed by atoms with Crippen LogP contribution in [0.5, 0.6) is 0 Å². The summed E-state index contributed by atoms with van der Waals surface area (Å²) in [6.45, 7) is 7.64. The Morgan fingerprint density at radius 1 is 1.29 bits per heavy atom. The van der Waals surface area contributed by atoms with Crippen molar-refractivity contribution in [1.82, 2.24) is 0 Å². The van der Waals surface area contributed by atoms with E-state index in [0.29, 0.717) is 0 Å². The maximum Gasteiger partial charge on any atom is 0.189 e. The van der Waals surface area contributed by atoms with E-state index in [9.17, 15) is 4.21 Å². The number of hydrogen-bond donors (Lipinski definition) is 0. The molecule has 0 bridgehead atoms. The van der Waals surface area contributed by atoms with Gasteiger partial charge in [-0.25, -0.2) is 4.21 Å². The van der Waals surface area contributed by atoms with Crippen LogP contribution in [-0.4, -0.2) is 9.81 Å². The predicted molar refractivity (Wildman–Crippen MR) is 58.4 cm³/mol. The minimum Gasteiger partial charge on any atom is -0.281 e. The molecule has 3 heteroatoms. The number of benzene rings is 1. The highest BCUT2D eigenvalue weighted by Crippen LogP contribution is 2.16. The van der Waals surface area contributed by atoms with Crippen LogP contribution in [0.3, 0.4) is 0 Å². The normalized spacial score (nSPS) is 14.0. The Labute approximate surface area is 88.0 Å². The van der Waals surface area contributed by atoms with Gasteiger partial charge in [0.15, 0.2) is 11.1 Å². The second kappa shape index (κ2) is 4.24. The topological polar surface area (TPSA) is 26.3 Å². The summed E-state index contributed by atoms with van der Waals surface area (Å²) in [6, 6.07) is 7.54. The van der Waals surface area contributed by atoms with Gasteiger partial charge >= 0.3 is 0 Å². The number of rotatable bonds is 2. The molecule has 0 heterocycles. The first-order valence-electron chi connectivity index (χ1n) is 4.56. The minimum absolute atomic E-state index is 0.380. The van der Waals surface area contributed by atoms with Gasteiger partial charge < -0.3 is 0 Å². The smallest absolute Gasteiger partial charge is 0.189 e. The zero-order chi connectivity index (χ0) is 10.8. The van der Waals surface area contributed by atoms with Gasteiger partial charge in [0.05, 0.1) is 10.5 Å². The van der Waals surface area contributed by atoms with Crippen LogP contribution in [0.2, 0.25) is 0 Å². The molecule has 1 aromatic rings. The molecule has 0 spiro atoms. The van der Waals surface area contributed by atoms with Crippen molar-refractivity contribution in [3.63, 3.8) is 0 Å². The van der Waals surface area contributed by atoms with Crippen molar-refractivity contribution in [2.75, 3.05) is 0 Å². The van der Waals surface area contributed by atoms with Gasteiger partial charge in [-0.15, -0.1) is 0 Å². The molecule has 0 aromatic heterocycles. The van der Waals surface area contributed by atoms with Crippen LogP contribution < -0.4 is 0 Å². The summed E-state index contributed by atoms with van der Waals surface area (Å²) in [5.41, 5.74) is 0.711. The monoisotopic (exact) mass is 212 g/mol. The molecule has 0 saturated carbocycles. The zero-order valence-corrected chi connectivity index (χ0v) is 9.85. The van der Waals surface area contributed by atoms with E-state index in [1.165, 1.54) is 0 Å². The van der Waals surface area contributed by atoms with E-state index in [-0.39, 0.29) is 5.60 Å². The second-order valence-electron chi connectivity index (χ2n) is 4.25. The molecule has 2 nitrogen and oxygen atoms in total. The van der Waals surface area contributed by atoms with E-state index in [4.69, 9.17) is 4.18 Å². The standard InChI is InChI=1S/C11H16O2S/c1-9-6-5-7-10(8-9)14(12)13-11(2,3)4/h5-8H,1-4H3. The predicted octanol–water partition coefficient (Wildman–Crippen LogP) is 2.83. The fraction of sp³-hybridized carbons (Fsp3) is 0.455. The molecule has 0 aliphatic carbocycles. The molecular weight excluding hydrogens is 196 g/mol. The third-order valence-electron chi connectivity index (χ3n) is 1.51. The summed E-state index contributed by atoms with van der Waals surface area (Å²) in [5, 5.41) is 0. The van der Waals surface area contributed by atoms with Crippen LogP contribution in [0.15, 0.2) is 29.2 Å². The Hall–Kier alpha value is -0.670. The van der Waals surface area contributed by atoms with Crippen LogP contribution in [0.25, 0.3) is 0 Å². The quantitative estimate of drug-likeness (QED) is 0.753. The minimum atomic E-state index is -1.36. The van der Waals surface area contributed by atoms with Crippen LogP contribution >= 0.6 is 0 Å². The SMILES string of the molecule is Cc1cccc(S(=O)OC(C)(C)C)c1. The van der Waals surface area contributed by atoms with Crippen LogP contribution in [0.1, 0.15) is 26.3 Å². The van der Waals surface area contributed by atoms with E-state index in [1.807, 2.05) is 52.0 Å². The Kier molecular flexibility index (Phi) is 3.45. The van der Waals surface area contributed by atoms with Gasteiger partial charge in [-0.1, -0.05) is 12.1 Å². The highest BCUT2D eigenvalue weighted by Gasteiger charge is 2.16. The molecule has 1 atom stereocenters. The van der Waals surface area contributed by atoms with E-state index in [1.54, 1.807) is 0 Å². The molecule has 0 radical (unpaired) electrons. The highest BCUT2D eigenvalue weighted by molar-refractivity contribution is 7.80. The largest absolute Gasteiger partial charge is 0.281 e. The lowest BCUT2D eigenvalue weighted by Crippen LogP contribution is -2.20. The lowest BCUT2D eigenvalue weighted by Gasteiger charge is -2.17. The summed E-state index contributed by atoms with van der Waals surface area (Å²) < 4.78 is 17.1. The lowest BCUT2D eigenvalue weighted by molar-refractivity contribution is 0.152. The molecule has 0 N–H and O–H groups in total. The fourth-order valence-corrected chi connectivity index (χ4v) is 2.02. The van der Waals surface area contributed by atoms with Gasteiger partial charge in [0.1, 0.15) is 0 Å². The molecule has 0 aliphatic rings. The fourth-order valence-electron chi connectivity index (χ4n) is 0.994. The molecule has 0 fully saturated rings. The van der Waals surface area contributed by atoms with Crippen molar-refractivity contribution in [2.24, 2.45) is 0 Å². The summed E-state index contributed by atoms with van der Waals surface area (Å²) in [5.74, 6) is 0. The average molecular weight is 212 g/mol. The molecule has 0 amide bonds. The van der Waals surface area contributed by atoms with Crippen molar-refractivity contribution in [3.05, 3.63) is 29.8 Å². The van der Waals surface area contributed by atoms with Crippen LogP contribution in [0.4, 0.5) is 0 Å².